The van der Waals surface area contributed by atoms with Crippen LogP contribution >= 0.6 is 22.6 Å². The molecular weight excluding hydrogens is 349 g/mol. The van der Waals surface area contributed by atoms with Gasteiger partial charge in [0.1, 0.15) is 0 Å². The Morgan fingerprint density at radius 1 is 1.50 bits per heavy atom. The minimum absolute atomic E-state index is 0.0723. The van der Waals surface area contributed by atoms with Crippen LogP contribution < -0.4 is 11.2 Å². The maximum atomic E-state index is 11.5. The summed E-state index contributed by atoms with van der Waals surface area (Å²) in [5, 5.41) is 10.4. The lowest BCUT2D eigenvalue weighted by Crippen LogP contribution is -2.19. The van der Waals surface area contributed by atoms with Crippen molar-refractivity contribution in [3.63, 3.8) is 0 Å². The standard InChI is InChI=1S/C10H8IN5O2/c11-7-3-1-2-6(4-7)5-13-14-10(17)8-9(12)16-18-15-8/h1-5H,(H2,12,16)(H,14,17)/b13-5+. The molecule has 1 aromatic carbocycles. The van der Waals surface area contributed by atoms with E-state index < -0.39 is 5.91 Å². The van der Waals surface area contributed by atoms with Crippen LogP contribution in [0.2, 0.25) is 0 Å². The van der Waals surface area contributed by atoms with E-state index in [4.69, 9.17) is 5.73 Å². The number of benzene rings is 1. The molecule has 1 aromatic heterocycles. The van der Waals surface area contributed by atoms with Crippen LogP contribution in [-0.2, 0) is 0 Å². The Morgan fingerprint density at radius 2 is 2.33 bits per heavy atom. The number of rotatable bonds is 3. The number of hydrazone groups is 1. The van der Waals surface area contributed by atoms with Crippen molar-refractivity contribution in [2.24, 2.45) is 5.10 Å². The van der Waals surface area contributed by atoms with Crippen LogP contribution in [0.3, 0.4) is 0 Å². The number of halogens is 1. The molecule has 0 unspecified atom stereocenters. The first-order chi connectivity index (χ1) is 8.66. The number of anilines is 1. The number of nitrogen functional groups attached to an aromatic ring is 1. The largest absolute Gasteiger partial charge is 0.379 e. The Hall–Kier alpha value is -1.97. The van der Waals surface area contributed by atoms with E-state index in [0.717, 1.165) is 9.13 Å². The Morgan fingerprint density at radius 3 is 3.00 bits per heavy atom. The lowest BCUT2D eigenvalue weighted by atomic mass is 10.2. The molecule has 1 amide bonds. The fourth-order valence-electron chi connectivity index (χ4n) is 1.16. The van der Waals surface area contributed by atoms with E-state index in [1.165, 1.54) is 6.21 Å². The van der Waals surface area contributed by atoms with Gasteiger partial charge in [-0.25, -0.2) is 10.1 Å². The minimum Gasteiger partial charge on any atom is -0.379 e. The quantitative estimate of drug-likeness (QED) is 0.485. The lowest BCUT2D eigenvalue weighted by molar-refractivity contribution is 0.0946. The molecule has 7 nitrogen and oxygen atoms in total. The first-order valence-corrected chi connectivity index (χ1v) is 5.91. The molecule has 0 fully saturated rings. The highest BCUT2D eigenvalue weighted by molar-refractivity contribution is 14.1. The first-order valence-electron chi connectivity index (χ1n) is 4.84. The first kappa shape index (κ1) is 12.5. The van der Waals surface area contributed by atoms with E-state index in [-0.39, 0.29) is 11.5 Å². The third kappa shape index (κ3) is 3.03. The number of carbonyl (C=O) groups excluding carboxylic acids is 1. The number of nitrogens with one attached hydrogen (secondary N) is 1. The summed E-state index contributed by atoms with van der Waals surface area (Å²) < 4.78 is 5.38. The van der Waals surface area contributed by atoms with Crippen LogP contribution in [0.4, 0.5) is 5.82 Å². The van der Waals surface area contributed by atoms with Gasteiger partial charge in [-0.1, -0.05) is 12.1 Å². The lowest BCUT2D eigenvalue weighted by Gasteiger charge is -1.96. The molecule has 1 heterocycles. The molecule has 18 heavy (non-hydrogen) atoms. The van der Waals surface area contributed by atoms with E-state index in [2.05, 4.69) is 48.1 Å². The molecule has 0 atom stereocenters. The summed E-state index contributed by atoms with van der Waals surface area (Å²) in [6, 6.07) is 7.63. The third-order valence-electron chi connectivity index (χ3n) is 1.96. The number of carbonyl (C=O) groups is 1. The Balaban J connectivity index is 2.00. The van der Waals surface area contributed by atoms with Gasteiger partial charge in [-0.3, -0.25) is 4.79 Å². The van der Waals surface area contributed by atoms with Gasteiger partial charge in [0.2, 0.25) is 11.5 Å². The summed E-state index contributed by atoms with van der Waals surface area (Å²) >= 11 is 2.19. The summed E-state index contributed by atoms with van der Waals surface area (Å²) in [5.74, 6) is -0.646. The number of nitrogens with two attached hydrogens (primary N) is 1. The van der Waals surface area contributed by atoms with E-state index >= 15 is 0 Å². The van der Waals surface area contributed by atoms with Crippen molar-refractivity contribution < 1.29 is 9.42 Å². The fraction of sp³-hybridized carbons (Fsp3) is 0. The SMILES string of the molecule is Nc1nonc1C(=O)N/N=C/c1cccc(I)c1. The monoisotopic (exact) mass is 357 g/mol. The highest BCUT2D eigenvalue weighted by Crippen LogP contribution is 2.06. The predicted molar refractivity (Wildman–Crippen MR) is 72.9 cm³/mol. The highest BCUT2D eigenvalue weighted by Gasteiger charge is 2.14. The molecule has 0 aliphatic heterocycles. The molecule has 0 aliphatic carbocycles. The van der Waals surface area contributed by atoms with Gasteiger partial charge < -0.3 is 5.73 Å². The zero-order valence-electron chi connectivity index (χ0n) is 9.00. The molecule has 92 valence electrons. The molecule has 3 N–H and O–H groups in total. The van der Waals surface area contributed by atoms with Crippen molar-refractivity contribution in [1.29, 1.82) is 0 Å². The number of hydrogen-bond acceptors (Lipinski definition) is 6. The molecule has 0 spiro atoms. The number of hydrogen-bond donors (Lipinski definition) is 2. The van der Waals surface area contributed by atoms with Crippen molar-refractivity contribution >= 4 is 40.5 Å². The number of nitrogens with zero attached hydrogens (tertiary/aromatic N) is 3. The van der Waals surface area contributed by atoms with Crippen LogP contribution in [0.15, 0.2) is 34.0 Å². The summed E-state index contributed by atoms with van der Waals surface area (Å²) in [6.45, 7) is 0. The molecule has 0 saturated carbocycles. The van der Waals surface area contributed by atoms with E-state index in [1.54, 1.807) is 0 Å². The van der Waals surface area contributed by atoms with Gasteiger partial charge in [0.25, 0.3) is 5.91 Å². The second-order valence-corrected chi connectivity index (χ2v) is 4.50. The van der Waals surface area contributed by atoms with E-state index in [9.17, 15) is 4.79 Å². The third-order valence-corrected chi connectivity index (χ3v) is 2.63. The second kappa shape index (κ2) is 5.58. The normalized spacial score (nSPS) is 10.7. The van der Waals surface area contributed by atoms with Crippen LogP contribution in [0.1, 0.15) is 16.1 Å². The maximum Gasteiger partial charge on any atom is 0.297 e. The molecule has 8 heteroatoms. The van der Waals surface area contributed by atoms with Gasteiger partial charge in [0.05, 0.1) is 6.21 Å². The Kier molecular flexibility index (Phi) is 3.87. The van der Waals surface area contributed by atoms with Crippen LogP contribution in [0.25, 0.3) is 0 Å². The second-order valence-electron chi connectivity index (χ2n) is 3.25. The Labute approximate surface area is 116 Å². The van der Waals surface area contributed by atoms with Gasteiger partial charge in [-0.05, 0) is 50.6 Å². The number of aromatic nitrogens is 2. The molecular formula is C10H8IN5O2. The van der Waals surface area contributed by atoms with Crippen molar-refractivity contribution in [2.45, 2.75) is 0 Å². The topological polar surface area (TPSA) is 106 Å². The summed E-state index contributed by atoms with van der Waals surface area (Å²) in [4.78, 5) is 11.5. The predicted octanol–water partition coefficient (Wildman–Crippen LogP) is 1.02. The van der Waals surface area contributed by atoms with Crippen molar-refractivity contribution in [3.05, 3.63) is 39.1 Å². The van der Waals surface area contributed by atoms with Gasteiger partial charge in [0.15, 0.2) is 0 Å². The zero-order valence-corrected chi connectivity index (χ0v) is 11.2. The smallest absolute Gasteiger partial charge is 0.297 e. The Bertz CT molecular complexity index is 595. The fourth-order valence-corrected chi connectivity index (χ4v) is 1.73. The number of amides is 1. The summed E-state index contributed by atoms with van der Waals surface area (Å²) in [6.07, 6.45) is 1.52. The van der Waals surface area contributed by atoms with Gasteiger partial charge in [-0.2, -0.15) is 5.10 Å². The van der Waals surface area contributed by atoms with Crippen LogP contribution in [0.5, 0.6) is 0 Å². The maximum absolute atomic E-state index is 11.5. The minimum atomic E-state index is -0.573. The molecule has 2 rings (SSSR count). The average Bonchev–Trinajstić information content (AvgIpc) is 2.75. The van der Waals surface area contributed by atoms with Gasteiger partial charge in [0, 0.05) is 3.57 Å². The molecule has 0 saturated heterocycles. The molecule has 2 aromatic rings. The van der Waals surface area contributed by atoms with Gasteiger partial charge in [-0.15, -0.1) is 0 Å². The van der Waals surface area contributed by atoms with Crippen molar-refractivity contribution in [3.8, 4) is 0 Å². The highest BCUT2D eigenvalue weighted by atomic mass is 127. The van der Waals surface area contributed by atoms with Crippen molar-refractivity contribution in [2.75, 3.05) is 5.73 Å². The molecule has 0 aliphatic rings. The van der Waals surface area contributed by atoms with Crippen LogP contribution in [-0.4, -0.2) is 22.4 Å². The summed E-state index contributed by atoms with van der Waals surface area (Å²) in [7, 11) is 0. The molecule has 0 radical (unpaired) electrons. The summed E-state index contributed by atoms with van der Waals surface area (Å²) in [5.41, 5.74) is 8.42. The van der Waals surface area contributed by atoms with Crippen LogP contribution in [0, 0.1) is 3.57 Å². The van der Waals surface area contributed by atoms with Gasteiger partial charge >= 0.3 is 0 Å². The van der Waals surface area contributed by atoms with E-state index in [1.807, 2.05) is 24.3 Å². The average molecular weight is 357 g/mol. The van der Waals surface area contributed by atoms with E-state index in [0.29, 0.717) is 0 Å². The molecule has 0 bridgehead atoms. The zero-order chi connectivity index (χ0) is 13.0. The van der Waals surface area contributed by atoms with Crippen molar-refractivity contribution in [1.82, 2.24) is 15.7 Å².